The number of rotatable bonds is 4. The number of aromatic nitrogens is 2. The van der Waals surface area contributed by atoms with Crippen LogP contribution in [0.25, 0.3) is 0 Å². The van der Waals surface area contributed by atoms with Crippen LogP contribution in [0.5, 0.6) is 0 Å². The fourth-order valence-corrected chi connectivity index (χ4v) is 3.51. The molecule has 0 aliphatic heterocycles. The highest BCUT2D eigenvalue weighted by molar-refractivity contribution is 5.89. The number of carbonyl (C=O) groups is 1. The summed E-state index contributed by atoms with van der Waals surface area (Å²) in [6.45, 7) is 0.763. The minimum atomic E-state index is -0.176. The number of hydrogen-bond donors (Lipinski definition) is 2. The molecule has 5 heteroatoms. The van der Waals surface area contributed by atoms with Crippen LogP contribution in [0.4, 0.5) is 10.5 Å². The van der Waals surface area contributed by atoms with Crippen LogP contribution in [0.2, 0.25) is 0 Å². The van der Waals surface area contributed by atoms with Gasteiger partial charge in [0.1, 0.15) is 0 Å². The fourth-order valence-electron chi connectivity index (χ4n) is 3.51. The van der Waals surface area contributed by atoms with Gasteiger partial charge in [0.2, 0.25) is 0 Å². The second-order valence-electron chi connectivity index (χ2n) is 6.60. The van der Waals surface area contributed by atoms with Crippen molar-refractivity contribution in [3.8, 4) is 0 Å². The number of anilines is 1. The van der Waals surface area contributed by atoms with Gasteiger partial charge in [-0.25, -0.2) is 4.79 Å². The first-order valence-corrected chi connectivity index (χ1v) is 9.00. The molecule has 1 unspecified atom stereocenters. The maximum Gasteiger partial charge on any atom is 0.319 e. The van der Waals surface area contributed by atoms with E-state index in [2.05, 4.69) is 32.5 Å². The molecule has 132 valence electrons. The number of carbonyl (C=O) groups excluding carboxylic acids is 1. The Balaban J connectivity index is 1.47. The van der Waals surface area contributed by atoms with E-state index in [4.69, 9.17) is 0 Å². The van der Waals surface area contributed by atoms with Gasteiger partial charge in [-0.1, -0.05) is 48.5 Å². The molecule has 1 aliphatic rings. The second-order valence-corrected chi connectivity index (χ2v) is 6.60. The maximum atomic E-state index is 12.3. The van der Waals surface area contributed by atoms with Crippen molar-refractivity contribution in [3.05, 3.63) is 83.7 Å². The van der Waals surface area contributed by atoms with Crippen LogP contribution in [0.1, 0.15) is 35.7 Å². The Morgan fingerprint density at radius 2 is 1.81 bits per heavy atom. The van der Waals surface area contributed by atoms with Crippen molar-refractivity contribution in [1.29, 1.82) is 0 Å². The van der Waals surface area contributed by atoms with E-state index in [1.165, 1.54) is 11.3 Å². The predicted octanol–water partition coefficient (Wildman–Crippen LogP) is 4.13. The highest BCUT2D eigenvalue weighted by Gasteiger charge is 2.25. The van der Waals surface area contributed by atoms with Crippen molar-refractivity contribution in [2.75, 3.05) is 5.32 Å². The fraction of sp³-hybridized carbons (Fsp3) is 0.238. The van der Waals surface area contributed by atoms with Crippen molar-refractivity contribution >= 4 is 11.7 Å². The number of urea groups is 1. The van der Waals surface area contributed by atoms with Gasteiger partial charge in [-0.3, -0.25) is 4.68 Å². The van der Waals surface area contributed by atoms with E-state index in [9.17, 15) is 4.79 Å². The van der Waals surface area contributed by atoms with E-state index in [1.54, 1.807) is 0 Å². The molecule has 2 amide bonds. The normalized spacial score (nSPS) is 15.9. The number of nitrogens with one attached hydrogen (secondary N) is 2. The molecule has 0 fully saturated rings. The van der Waals surface area contributed by atoms with Gasteiger partial charge in [0.25, 0.3) is 0 Å². The van der Waals surface area contributed by atoms with Crippen LogP contribution in [0, 0.1) is 0 Å². The monoisotopic (exact) mass is 346 g/mol. The topological polar surface area (TPSA) is 59.0 Å². The molecule has 0 bridgehead atoms. The van der Waals surface area contributed by atoms with Gasteiger partial charge in [0, 0.05) is 16.9 Å². The molecule has 4 rings (SSSR count). The molecule has 5 nitrogen and oxygen atoms in total. The van der Waals surface area contributed by atoms with Crippen molar-refractivity contribution < 1.29 is 4.79 Å². The van der Waals surface area contributed by atoms with E-state index in [-0.39, 0.29) is 12.1 Å². The quantitative estimate of drug-likeness (QED) is 0.746. The van der Waals surface area contributed by atoms with Crippen molar-refractivity contribution in [2.45, 2.75) is 31.8 Å². The Morgan fingerprint density at radius 3 is 2.58 bits per heavy atom. The van der Waals surface area contributed by atoms with Crippen molar-refractivity contribution in [3.63, 3.8) is 0 Å². The summed E-state index contributed by atoms with van der Waals surface area (Å²) in [6.07, 6.45) is 4.89. The number of nitrogens with zero attached hydrogens (tertiary/aromatic N) is 2. The number of fused-ring (bicyclic) bond motifs is 1. The lowest BCUT2D eigenvalue weighted by Crippen LogP contribution is -2.34. The Hall–Kier alpha value is -3.08. The van der Waals surface area contributed by atoms with Crippen LogP contribution in [0.3, 0.4) is 0 Å². The first-order chi connectivity index (χ1) is 12.8. The molecule has 3 aromatic rings. The standard InChI is InChI=1S/C21H22N4O/c26-21(23-17-10-5-2-6-11-17)24-19-12-7-13-20-18(19)14-22-25(20)15-16-8-3-1-4-9-16/h1-6,8-11,14,19H,7,12-13,15H2,(H2,23,24,26). The minimum Gasteiger partial charge on any atom is -0.331 e. The summed E-state index contributed by atoms with van der Waals surface area (Å²) < 4.78 is 2.06. The van der Waals surface area contributed by atoms with Crippen molar-refractivity contribution in [1.82, 2.24) is 15.1 Å². The summed E-state index contributed by atoms with van der Waals surface area (Å²) in [7, 11) is 0. The van der Waals surface area contributed by atoms with E-state index in [1.807, 2.05) is 54.7 Å². The van der Waals surface area contributed by atoms with E-state index < -0.39 is 0 Å². The number of amides is 2. The van der Waals surface area contributed by atoms with Gasteiger partial charge >= 0.3 is 6.03 Å². The molecular weight excluding hydrogens is 324 g/mol. The first-order valence-electron chi connectivity index (χ1n) is 9.00. The van der Waals surface area contributed by atoms with Gasteiger partial charge in [0.05, 0.1) is 18.8 Å². The lowest BCUT2D eigenvalue weighted by Gasteiger charge is -2.24. The average molecular weight is 346 g/mol. The highest BCUT2D eigenvalue weighted by Crippen LogP contribution is 2.30. The summed E-state index contributed by atoms with van der Waals surface area (Å²) in [5, 5.41) is 10.6. The Kier molecular flexibility index (Phi) is 4.69. The zero-order chi connectivity index (χ0) is 17.8. The summed E-state index contributed by atoms with van der Waals surface area (Å²) in [4.78, 5) is 12.3. The van der Waals surface area contributed by atoms with Crippen LogP contribution >= 0.6 is 0 Å². The Bertz CT molecular complexity index is 874. The number of benzene rings is 2. The maximum absolute atomic E-state index is 12.3. The van der Waals surface area contributed by atoms with Crippen LogP contribution < -0.4 is 10.6 Å². The van der Waals surface area contributed by atoms with Crippen molar-refractivity contribution in [2.24, 2.45) is 0 Å². The molecule has 1 heterocycles. The zero-order valence-corrected chi connectivity index (χ0v) is 14.6. The van der Waals surface area contributed by atoms with Gasteiger partial charge in [0.15, 0.2) is 0 Å². The summed E-state index contributed by atoms with van der Waals surface area (Å²) in [5.74, 6) is 0. The van der Waals surface area contributed by atoms with Gasteiger partial charge < -0.3 is 10.6 Å². The third kappa shape index (κ3) is 3.61. The van der Waals surface area contributed by atoms with E-state index in [0.717, 1.165) is 37.1 Å². The SMILES string of the molecule is O=C(Nc1ccccc1)NC1CCCc2c1cnn2Cc1ccccc1. The van der Waals surface area contributed by atoms with Gasteiger partial charge in [-0.05, 0) is 37.0 Å². The Labute approximate surface area is 153 Å². The van der Waals surface area contributed by atoms with Gasteiger partial charge in [-0.2, -0.15) is 5.10 Å². The minimum absolute atomic E-state index is 0.00647. The lowest BCUT2D eigenvalue weighted by atomic mass is 9.93. The smallest absolute Gasteiger partial charge is 0.319 e. The average Bonchev–Trinajstić information content (AvgIpc) is 3.07. The Morgan fingerprint density at radius 1 is 1.08 bits per heavy atom. The summed E-state index contributed by atoms with van der Waals surface area (Å²) in [6, 6.07) is 19.7. The number of hydrogen-bond acceptors (Lipinski definition) is 2. The largest absolute Gasteiger partial charge is 0.331 e. The third-order valence-corrected chi connectivity index (χ3v) is 4.77. The molecule has 1 aromatic heterocycles. The molecule has 0 saturated carbocycles. The molecule has 0 spiro atoms. The summed E-state index contributed by atoms with van der Waals surface area (Å²) >= 11 is 0. The van der Waals surface area contributed by atoms with E-state index >= 15 is 0 Å². The first kappa shape index (κ1) is 16.4. The molecule has 0 saturated heterocycles. The summed E-state index contributed by atoms with van der Waals surface area (Å²) in [5.41, 5.74) is 4.39. The molecular formula is C21H22N4O. The molecule has 1 atom stereocenters. The van der Waals surface area contributed by atoms with E-state index in [0.29, 0.717) is 0 Å². The molecule has 1 aliphatic carbocycles. The van der Waals surface area contributed by atoms with Crippen LogP contribution in [0.15, 0.2) is 66.9 Å². The van der Waals surface area contributed by atoms with Gasteiger partial charge in [-0.15, -0.1) is 0 Å². The molecule has 2 aromatic carbocycles. The molecule has 0 radical (unpaired) electrons. The third-order valence-electron chi connectivity index (χ3n) is 4.77. The zero-order valence-electron chi connectivity index (χ0n) is 14.6. The molecule has 26 heavy (non-hydrogen) atoms. The van der Waals surface area contributed by atoms with Crippen LogP contribution in [-0.2, 0) is 13.0 Å². The van der Waals surface area contributed by atoms with Crippen LogP contribution in [-0.4, -0.2) is 15.8 Å². The predicted molar refractivity (Wildman–Crippen MR) is 102 cm³/mol. The molecule has 2 N–H and O–H groups in total. The lowest BCUT2D eigenvalue weighted by molar-refractivity contribution is 0.247. The highest BCUT2D eigenvalue weighted by atomic mass is 16.2. The second kappa shape index (κ2) is 7.44. The number of para-hydroxylation sites is 1.